The first-order valence-electron chi connectivity index (χ1n) is 5.98. The molecule has 2 atom stereocenters. The van der Waals surface area contributed by atoms with Gasteiger partial charge in [0.15, 0.2) is 0 Å². The maximum atomic E-state index is 5.96. The lowest BCUT2D eigenvalue weighted by Gasteiger charge is -2.33. The highest BCUT2D eigenvalue weighted by molar-refractivity contribution is 5.75. The number of fused-ring (bicyclic) bond motifs is 1. The minimum atomic E-state index is 0.00852. The molecular weight excluding hydrogens is 226 g/mol. The van der Waals surface area contributed by atoms with Crippen molar-refractivity contribution in [3.8, 4) is 5.75 Å². The average molecular weight is 241 g/mol. The smallest absolute Gasteiger partial charge is 0.145 e. The molecule has 4 heteroatoms. The SMILES string of the molecule is CC1Oc2cccc(N)c2NC1c1ccccn1. The Hall–Kier alpha value is -2.23. The average Bonchev–Trinajstić information content (AvgIpc) is 2.39. The third kappa shape index (κ3) is 1.76. The van der Waals surface area contributed by atoms with Crippen molar-refractivity contribution in [3.63, 3.8) is 0 Å². The van der Waals surface area contributed by atoms with E-state index in [4.69, 9.17) is 10.5 Å². The Morgan fingerprint density at radius 1 is 1.22 bits per heavy atom. The number of anilines is 2. The maximum absolute atomic E-state index is 5.96. The highest BCUT2D eigenvalue weighted by Gasteiger charge is 2.29. The molecule has 0 bridgehead atoms. The van der Waals surface area contributed by atoms with Crippen molar-refractivity contribution in [1.29, 1.82) is 0 Å². The van der Waals surface area contributed by atoms with Crippen LogP contribution in [0.25, 0.3) is 0 Å². The summed E-state index contributed by atoms with van der Waals surface area (Å²) in [5, 5.41) is 3.42. The molecule has 0 saturated heterocycles. The van der Waals surface area contributed by atoms with Gasteiger partial charge in [0.25, 0.3) is 0 Å². The quantitative estimate of drug-likeness (QED) is 0.753. The second-order valence-corrected chi connectivity index (χ2v) is 4.42. The standard InChI is InChI=1S/C14H15N3O/c1-9-13(11-6-2-3-8-16-11)17-14-10(15)5-4-7-12(14)18-9/h2-9,13,17H,15H2,1H3. The van der Waals surface area contributed by atoms with E-state index in [1.165, 1.54) is 0 Å². The van der Waals surface area contributed by atoms with Crippen LogP contribution in [0.5, 0.6) is 5.75 Å². The molecule has 0 saturated carbocycles. The predicted octanol–water partition coefficient (Wildman–Crippen LogP) is 2.60. The Morgan fingerprint density at radius 2 is 2.11 bits per heavy atom. The van der Waals surface area contributed by atoms with E-state index in [9.17, 15) is 0 Å². The Bertz CT molecular complexity index is 556. The van der Waals surface area contributed by atoms with Crippen LogP contribution in [0.1, 0.15) is 18.7 Å². The second-order valence-electron chi connectivity index (χ2n) is 4.42. The van der Waals surface area contributed by atoms with E-state index >= 15 is 0 Å². The second kappa shape index (κ2) is 4.22. The summed E-state index contributed by atoms with van der Waals surface area (Å²) in [6, 6.07) is 11.6. The van der Waals surface area contributed by atoms with Crippen molar-refractivity contribution in [2.45, 2.75) is 19.1 Å². The Morgan fingerprint density at radius 3 is 2.89 bits per heavy atom. The zero-order valence-corrected chi connectivity index (χ0v) is 10.1. The maximum Gasteiger partial charge on any atom is 0.145 e. The van der Waals surface area contributed by atoms with Gasteiger partial charge in [-0.3, -0.25) is 4.98 Å². The monoisotopic (exact) mass is 241 g/mol. The van der Waals surface area contributed by atoms with E-state index in [0.29, 0.717) is 5.69 Å². The minimum absolute atomic E-state index is 0.00852. The van der Waals surface area contributed by atoms with E-state index in [1.54, 1.807) is 6.20 Å². The van der Waals surface area contributed by atoms with Crippen molar-refractivity contribution < 1.29 is 4.74 Å². The molecule has 3 rings (SSSR count). The van der Waals surface area contributed by atoms with Crippen LogP contribution in [0.4, 0.5) is 11.4 Å². The van der Waals surface area contributed by atoms with Crippen LogP contribution in [-0.2, 0) is 0 Å². The number of nitrogens with zero attached hydrogens (tertiary/aromatic N) is 1. The molecule has 92 valence electrons. The molecule has 1 aliphatic rings. The van der Waals surface area contributed by atoms with Crippen LogP contribution in [0.15, 0.2) is 42.6 Å². The number of ether oxygens (including phenoxy) is 1. The number of nitrogens with two attached hydrogens (primary N) is 1. The third-order valence-corrected chi connectivity index (χ3v) is 3.15. The van der Waals surface area contributed by atoms with Gasteiger partial charge in [0, 0.05) is 6.20 Å². The molecule has 4 nitrogen and oxygen atoms in total. The van der Waals surface area contributed by atoms with Gasteiger partial charge in [-0.05, 0) is 31.2 Å². The van der Waals surface area contributed by atoms with Gasteiger partial charge in [0.1, 0.15) is 23.6 Å². The van der Waals surface area contributed by atoms with E-state index in [-0.39, 0.29) is 12.1 Å². The largest absolute Gasteiger partial charge is 0.486 e. The first-order chi connectivity index (χ1) is 8.75. The van der Waals surface area contributed by atoms with Gasteiger partial charge >= 0.3 is 0 Å². The fraction of sp³-hybridized carbons (Fsp3) is 0.214. The molecule has 3 N–H and O–H groups in total. The molecule has 1 aromatic heterocycles. The highest BCUT2D eigenvalue weighted by Crippen LogP contribution is 2.39. The molecule has 0 spiro atoms. The van der Waals surface area contributed by atoms with Crippen LogP contribution in [-0.4, -0.2) is 11.1 Å². The number of rotatable bonds is 1. The summed E-state index contributed by atoms with van der Waals surface area (Å²) in [7, 11) is 0. The normalized spacial score (nSPS) is 21.6. The van der Waals surface area contributed by atoms with E-state index < -0.39 is 0 Å². The number of aromatic nitrogens is 1. The van der Waals surface area contributed by atoms with Crippen molar-refractivity contribution in [2.75, 3.05) is 11.1 Å². The van der Waals surface area contributed by atoms with Gasteiger partial charge in [-0.15, -0.1) is 0 Å². The van der Waals surface area contributed by atoms with Crippen molar-refractivity contribution >= 4 is 11.4 Å². The van der Waals surface area contributed by atoms with Gasteiger partial charge in [-0.2, -0.15) is 0 Å². The fourth-order valence-corrected chi connectivity index (χ4v) is 2.22. The van der Waals surface area contributed by atoms with Crippen LogP contribution < -0.4 is 15.8 Å². The number of para-hydroxylation sites is 1. The van der Waals surface area contributed by atoms with Gasteiger partial charge < -0.3 is 15.8 Å². The minimum Gasteiger partial charge on any atom is -0.486 e. The van der Waals surface area contributed by atoms with Crippen molar-refractivity contribution in [2.24, 2.45) is 0 Å². The Labute approximate surface area is 106 Å². The van der Waals surface area contributed by atoms with E-state index in [2.05, 4.69) is 10.3 Å². The fourth-order valence-electron chi connectivity index (χ4n) is 2.22. The van der Waals surface area contributed by atoms with Crippen LogP contribution >= 0.6 is 0 Å². The Kier molecular flexibility index (Phi) is 2.55. The summed E-state index contributed by atoms with van der Waals surface area (Å²) in [6.45, 7) is 2.03. The molecule has 0 aliphatic carbocycles. The van der Waals surface area contributed by atoms with Crippen molar-refractivity contribution in [1.82, 2.24) is 4.98 Å². The summed E-state index contributed by atoms with van der Waals surface area (Å²) in [5.74, 6) is 0.801. The molecule has 0 amide bonds. The van der Waals surface area contributed by atoms with Gasteiger partial charge in [-0.25, -0.2) is 0 Å². The van der Waals surface area contributed by atoms with Crippen LogP contribution in [0, 0.1) is 0 Å². The van der Waals surface area contributed by atoms with Gasteiger partial charge in [0.05, 0.1) is 11.4 Å². The number of nitrogen functional groups attached to an aromatic ring is 1. The molecule has 2 unspecified atom stereocenters. The highest BCUT2D eigenvalue weighted by atomic mass is 16.5. The molecule has 1 aliphatic heterocycles. The molecule has 0 radical (unpaired) electrons. The van der Waals surface area contributed by atoms with E-state index in [1.807, 2.05) is 43.3 Å². The van der Waals surface area contributed by atoms with Crippen LogP contribution in [0.3, 0.4) is 0 Å². The molecular formula is C14H15N3O. The summed E-state index contributed by atoms with van der Waals surface area (Å²) in [4.78, 5) is 4.37. The number of hydrogen-bond acceptors (Lipinski definition) is 4. The summed E-state index contributed by atoms with van der Waals surface area (Å²) < 4.78 is 5.90. The van der Waals surface area contributed by atoms with Gasteiger partial charge in [0.2, 0.25) is 0 Å². The van der Waals surface area contributed by atoms with Gasteiger partial charge in [-0.1, -0.05) is 12.1 Å². The molecule has 0 fully saturated rings. The number of benzene rings is 1. The summed E-state index contributed by atoms with van der Waals surface area (Å²) >= 11 is 0. The molecule has 1 aromatic carbocycles. The lowest BCUT2D eigenvalue weighted by Crippen LogP contribution is -2.33. The number of pyridine rings is 1. The molecule has 2 heterocycles. The Balaban J connectivity index is 1.99. The van der Waals surface area contributed by atoms with E-state index in [0.717, 1.165) is 17.1 Å². The first-order valence-corrected chi connectivity index (χ1v) is 5.98. The molecule has 2 aromatic rings. The zero-order valence-electron chi connectivity index (χ0n) is 10.1. The topological polar surface area (TPSA) is 60.2 Å². The third-order valence-electron chi connectivity index (χ3n) is 3.15. The first kappa shape index (κ1) is 10.9. The lowest BCUT2D eigenvalue weighted by molar-refractivity contribution is 0.186. The lowest BCUT2D eigenvalue weighted by atomic mass is 10.0. The number of nitrogens with one attached hydrogen (secondary N) is 1. The zero-order chi connectivity index (χ0) is 12.5. The predicted molar refractivity (Wildman–Crippen MR) is 71.5 cm³/mol. The summed E-state index contributed by atoms with van der Waals surface area (Å²) in [5.41, 5.74) is 8.47. The summed E-state index contributed by atoms with van der Waals surface area (Å²) in [6.07, 6.45) is 1.79. The van der Waals surface area contributed by atoms with Crippen LogP contribution in [0.2, 0.25) is 0 Å². The van der Waals surface area contributed by atoms with Crippen molar-refractivity contribution in [3.05, 3.63) is 48.3 Å². The molecule has 18 heavy (non-hydrogen) atoms. The number of hydrogen-bond donors (Lipinski definition) is 2.